The average Bonchev–Trinajstić information content (AvgIpc) is 2.92. The van der Waals surface area contributed by atoms with E-state index in [-0.39, 0.29) is 18.0 Å². The molecule has 0 N–H and O–H groups in total. The van der Waals surface area contributed by atoms with Crippen LogP contribution in [-0.2, 0) is 30.9 Å². The molecule has 10 heteroatoms. The number of para-hydroxylation sites is 2. The number of anilines is 1. The molecule has 3 aromatic rings. The molecule has 0 spiro atoms. The van der Waals surface area contributed by atoms with Crippen molar-refractivity contribution in [3.05, 3.63) is 83.9 Å². The summed E-state index contributed by atoms with van der Waals surface area (Å²) in [5.41, 5.74) is 1.82. The number of rotatable bonds is 8. The Hall–Kier alpha value is -3.89. The highest BCUT2D eigenvalue weighted by Gasteiger charge is 2.36. The second-order valence-corrected chi connectivity index (χ2v) is 10.4. The molecule has 3 aromatic carbocycles. The Labute approximate surface area is 216 Å². The minimum Gasteiger partial charge on any atom is -0.496 e. The van der Waals surface area contributed by atoms with Gasteiger partial charge in [-0.2, -0.15) is 4.31 Å². The minimum atomic E-state index is -4.08. The molecule has 37 heavy (non-hydrogen) atoms. The van der Waals surface area contributed by atoms with Crippen molar-refractivity contribution in [2.24, 2.45) is 0 Å². The van der Waals surface area contributed by atoms with Gasteiger partial charge in [0.1, 0.15) is 11.5 Å². The first-order valence-corrected chi connectivity index (χ1v) is 13.0. The molecule has 4 rings (SSSR count). The van der Waals surface area contributed by atoms with Crippen LogP contribution in [0.15, 0.2) is 77.7 Å². The average molecular weight is 525 g/mol. The van der Waals surface area contributed by atoms with Crippen LogP contribution in [0.1, 0.15) is 11.1 Å². The zero-order valence-corrected chi connectivity index (χ0v) is 21.6. The predicted molar refractivity (Wildman–Crippen MR) is 137 cm³/mol. The van der Waals surface area contributed by atoms with Crippen LogP contribution in [-0.4, -0.2) is 58.0 Å². The Bertz CT molecular complexity index is 1390. The summed E-state index contributed by atoms with van der Waals surface area (Å²) in [6, 6.07) is 20.4. The summed E-state index contributed by atoms with van der Waals surface area (Å²) in [7, 11) is -1.33. The van der Waals surface area contributed by atoms with Crippen LogP contribution in [0.4, 0.5) is 5.69 Å². The zero-order chi connectivity index (χ0) is 26.6. The van der Waals surface area contributed by atoms with Crippen LogP contribution >= 0.6 is 0 Å². The normalized spacial score (nSPS) is 15.0. The largest absolute Gasteiger partial charge is 0.496 e. The fraction of sp³-hybridized carbons (Fsp3) is 0.259. The van der Waals surface area contributed by atoms with Gasteiger partial charge in [0.2, 0.25) is 22.0 Å². The van der Waals surface area contributed by atoms with E-state index in [0.717, 1.165) is 9.87 Å². The Morgan fingerprint density at radius 2 is 1.73 bits per heavy atom. The van der Waals surface area contributed by atoms with E-state index < -0.39 is 34.5 Å². The molecule has 0 radical (unpaired) electrons. The number of fused-ring (bicyclic) bond motifs is 1. The maximum absolute atomic E-state index is 13.8. The molecule has 194 valence electrons. The smallest absolute Gasteiger partial charge is 0.348 e. The van der Waals surface area contributed by atoms with Crippen LogP contribution < -0.4 is 14.4 Å². The third-order valence-corrected chi connectivity index (χ3v) is 7.84. The molecule has 0 saturated heterocycles. The second kappa shape index (κ2) is 11.0. The molecule has 1 aliphatic heterocycles. The zero-order valence-electron chi connectivity index (χ0n) is 20.8. The van der Waals surface area contributed by atoms with E-state index in [9.17, 15) is 18.0 Å². The number of hydrogen-bond acceptors (Lipinski definition) is 7. The topological polar surface area (TPSA) is 102 Å². The third-order valence-electron chi connectivity index (χ3n) is 6.06. The standard InChI is InChI=1S/C27H28N2O7S/c1-19-15-21(13-14-23(19)34-2)37(32,33)28(16-20-9-5-4-6-10-20)18-26(30)29-17-25(27(31)35-3)36-24-12-8-7-11-22(24)29/h4-15,25H,16-18H2,1-3H3/t25-/m1/s1. The van der Waals surface area contributed by atoms with Gasteiger partial charge in [-0.1, -0.05) is 42.5 Å². The van der Waals surface area contributed by atoms with Crippen LogP contribution in [0, 0.1) is 6.92 Å². The summed E-state index contributed by atoms with van der Waals surface area (Å²) in [5.74, 6) is -0.242. The van der Waals surface area contributed by atoms with Crippen molar-refractivity contribution in [1.82, 2.24) is 4.31 Å². The Morgan fingerprint density at radius 3 is 2.41 bits per heavy atom. The maximum Gasteiger partial charge on any atom is 0.348 e. The second-order valence-electron chi connectivity index (χ2n) is 8.49. The summed E-state index contributed by atoms with van der Waals surface area (Å²) in [5, 5.41) is 0. The first kappa shape index (κ1) is 26.2. The van der Waals surface area contributed by atoms with E-state index in [1.807, 2.05) is 6.07 Å². The molecule has 0 unspecified atom stereocenters. The SMILES string of the molecule is COC(=O)[C@H]1CN(C(=O)CN(Cc2ccccc2)S(=O)(=O)c2ccc(OC)c(C)c2)c2ccccc2O1. The highest BCUT2D eigenvalue weighted by atomic mass is 32.2. The van der Waals surface area contributed by atoms with E-state index in [1.54, 1.807) is 61.5 Å². The van der Waals surface area contributed by atoms with Gasteiger partial charge in [0, 0.05) is 6.54 Å². The van der Waals surface area contributed by atoms with Crippen LogP contribution in [0.5, 0.6) is 11.5 Å². The van der Waals surface area contributed by atoms with Crippen LogP contribution in [0.25, 0.3) is 0 Å². The lowest BCUT2D eigenvalue weighted by molar-refractivity contribution is -0.148. The number of sulfonamides is 1. The summed E-state index contributed by atoms with van der Waals surface area (Å²) in [6.07, 6.45) is -1.03. The number of aryl methyl sites for hydroxylation is 1. The molecule has 0 fully saturated rings. The van der Waals surface area contributed by atoms with E-state index in [1.165, 1.54) is 31.3 Å². The van der Waals surface area contributed by atoms with Crippen LogP contribution in [0.3, 0.4) is 0 Å². The molecular weight excluding hydrogens is 496 g/mol. The number of ether oxygens (including phenoxy) is 3. The van der Waals surface area contributed by atoms with Gasteiger partial charge < -0.3 is 19.1 Å². The van der Waals surface area contributed by atoms with Crippen molar-refractivity contribution < 1.29 is 32.2 Å². The highest BCUT2D eigenvalue weighted by molar-refractivity contribution is 7.89. The van der Waals surface area contributed by atoms with Crippen LogP contribution in [0.2, 0.25) is 0 Å². The predicted octanol–water partition coefficient (Wildman–Crippen LogP) is 3.16. The summed E-state index contributed by atoms with van der Waals surface area (Å²) >= 11 is 0. The van der Waals surface area contributed by atoms with Gasteiger partial charge in [-0.15, -0.1) is 0 Å². The molecular formula is C27H28N2O7S. The number of hydrogen-bond donors (Lipinski definition) is 0. The third kappa shape index (κ3) is 5.60. The van der Waals surface area contributed by atoms with Gasteiger partial charge in [0.25, 0.3) is 0 Å². The highest BCUT2D eigenvalue weighted by Crippen LogP contribution is 2.34. The maximum atomic E-state index is 13.8. The molecule has 1 heterocycles. The van der Waals surface area contributed by atoms with Gasteiger partial charge in [-0.25, -0.2) is 13.2 Å². The van der Waals surface area contributed by atoms with E-state index in [2.05, 4.69) is 0 Å². The van der Waals surface area contributed by atoms with Gasteiger partial charge in [0.15, 0.2) is 0 Å². The number of nitrogens with zero attached hydrogens (tertiary/aromatic N) is 2. The molecule has 0 bridgehead atoms. The van der Waals surface area contributed by atoms with Gasteiger partial charge in [-0.05, 0) is 48.4 Å². The number of amides is 1. The fourth-order valence-corrected chi connectivity index (χ4v) is 5.60. The van der Waals surface area contributed by atoms with Crippen molar-refractivity contribution in [1.29, 1.82) is 0 Å². The molecule has 9 nitrogen and oxygen atoms in total. The lowest BCUT2D eigenvalue weighted by atomic mass is 10.2. The van der Waals surface area contributed by atoms with Gasteiger partial charge in [0.05, 0.1) is 37.9 Å². The van der Waals surface area contributed by atoms with Crippen molar-refractivity contribution in [2.75, 3.05) is 32.2 Å². The summed E-state index contributed by atoms with van der Waals surface area (Å²) in [6.45, 7) is 1.17. The first-order chi connectivity index (χ1) is 17.7. The molecule has 1 aliphatic rings. The molecule has 0 saturated carbocycles. The van der Waals surface area contributed by atoms with Crippen molar-refractivity contribution in [2.45, 2.75) is 24.5 Å². The molecule has 0 aromatic heterocycles. The van der Waals surface area contributed by atoms with Gasteiger partial charge >= 0.3 is 5.97 Å². The molecule has 1 amide bonds. The number of esters is 1. The Kier molecular flexibility index (Phi) is 7.80. The summed E-state index contributed by atoms with van der Waals surface area (Å²) in [4.78, 5) is 27.3. The number of carbonyl (C=O) groups excluding carboxylic acids is 2. The lowest BCUT2D eigenvalue weighted by Crippen LogP contribution is -2.50. The molecule has 0 aliphatic carbocycles. The molecule has 1 atom stereocenters. The van der Waals surface area contributed by atoms with E-state index in [4.69, 9.17) is 14.2 Å². The van der Waals surface area contributed by atoms with E-state index >= 15 is 0 Å². The lowest BCUT2D eigenvalue weighted by Gasteiger charge is -2.34. The Balaban J connectivity index is 1.69. The number of methoxy groups -OCH3 is 2. The van der Waals surface area contributed by atoms with Crippen molar-refractivity contribution >= 4 is 27.6 Å². The minimum absolute atomic E-state index is 0.0214. The number of carbonyl (C=O) groups is 2. The summed E-state index contributed by atoms with van der Waals surface area (Å²) < 4.78 is 44.5. The number of benzene rings is 3. The van der Waals surface area contributed by atoms with Crippen molar-refractivity contribution in [3.8, 4) is 11.5 Å². The van der Waals surface area contributed by atoms with Crippen molar-refractivity contribution in [3.63, 3.8) is 0 Å². The monoisotopic (exact) mass is 524 g/mol. The van der Waals surface area contributed by atoms with Gasteiger partial charge in [-0.3, -0.25) is 4.79 Å². The van der Waals surface area contributed by atoms with E-state index in [0.29, 0.717) is 22.7 Å². The first-order valence-electron chi connectivity index (χ1n) is 11.6. The fourth-order valence-electron chi connectivity index (χ4n) is 4.13. The quantitative estimate of drug-likeness (QED) is 0.417. The Morgan fingerprint density at radius 1 is 1.03 bits per heavy atom.